The number of hydrogen-bond acceptors (Lipinski definition) is 4. The monoisotopic (exact) mass is 242 g/mol. The van der Waals surface area contributed by atoms with Gasteiger partial charge in [0.1, 0.15) is 0 Å². The molecule has 0 bridgehead atoms. The molecule has 1 aromatic rings. The Labute approximate surface area is 97.2 Å². The average molecular weight is 243 g/mol. The highest BCUT2D eigenvalue weighted by Gasteiger charge is 2.24. The van der Waals surface area contributed by atoms with Crippen LogP contribution in [0.1, 0.15) is 6.42 Å². The summed E-state index contributed by atoms with van der Waals surface area (Å²) in [5.41, 5.74) is 0. The van der Waals surface area contributed by atoms with Crippen LogP contribution < -0.4 is 10.2 Å². The van der Waals surface area contributed by atoms with E-state index in [9.17, 15) is 4.79 Å². The SMILES string of the molecule is O=C(O)N[C@@H]1CCN(c2ccc(Cl)nn2)C1. The second kappa shape index (κ2) is 4.52. The van der Waals surface area contributed by atoms with Crippen LogP contribution in [0, 0.1) is 0 Å². The Morgan fingerprint density at radius 1 is 1.56 bits per heavy atom. The molecular formula is C9H11ClN4O2. The van der Waals surface area contributed by atoms with Crippen molar-refractivity contribution in [3.05, 3.63) is 17.3 Å². The van der Waals surface area contributed by atoms with Gasteiger partial charge in [0.05, 0.1) is 6.04 Å². The molecule has 0 saturated carbocycles. The number of nitrogens with one attached hydrogen (secondary N) is 1. The Balaban J connectivity index is 1.98. The van der Waals surface area contributed by atoms with Gasteiger partial charge >= 0.3 is 6.09 Å². The lowest BCUT2D eigenvalue weighted by Crippen LogP contribution is -2.36. The maximum atomic E-state index is 10.5. The highest BCUT2D eigenvalue weighted by Crippen LogP contribution is 2.18. The number of carboxylic acid groups (broad SMARTS) is 1. The molecule has 1 aliphatic rings. The second-order valence-electron chi connectivity index (χ2n) is 3.60. The minimum atomic E-state index is -0.992. The first-order valence-electron chi connectivity index (χ1n) is 4.89. The van der Waals surface area contributed by atoms with E-state index >= 15 is 0 Å². The Kier molecular flexibility index (Phi) is 3.09. The minimum Gasteiger partial charge on any atom is -0.465 e. The molecular weight excluding hydrogens is 232 g/mol. The zero-order valence-corrected chi connectivity index (χ0v) is 9.18. The average Bonchev–Trinajstić information content (AvgIpc) is 2.66. The van der Waals surface area contributed by atoms with Crippen molar-refractivity contribution < 1.29 is 9.90 Å². The van der Waals surface area contributed by atoms with E-state index in [-0.39, 0.29) is 6.04 Å². The maximum absolute atomic E-state index is 10.5. The summed E-state index contributed by atoms with van der Waals surface area (Å²) in [6.45, 7) is 1.38. The molecule has 1 aromatic heterocycles. The topological polar surface area (TPSA) is 78.4 Å². The Morgan fingerprint density at radius 2 is 2.38 bits per heavy atom. The fraction of sp³-hybridized carbons (Fsp3) is 0.444. The van der Waals surface area contributed by atoms with Gasteiger partial charge in [0, 0.05) is 13.1 Å². The first-order chi connectivity index (χ1) is 7.65. The Hall–Kier alpha value is -1.56. The maximum Gasteiger partial charge on any atom is 0.404 e. The predicted molar refractivity (Wildman–Crippen MR) is 58.8 cm³/mol. The van der Waals surface area contributed by atoms with Crippen molar-refractivity contribution in [2.24, 2.45) is 0 Å². The van der Waals surface area contributed by atoms with Crippen LogP contribution in [0.15, 0.2) is 12.1 Å². The van der Waals surface area contributed by atoms with Gasteiger partial charge in [-0.3, -0.25) is 0 Å². The van der Waals surface area contributed by atoms with Crippen molar-refractivity contribution in [1.82, 2.24) is 15.5 Å². The molecule has 86 valence electrons. The summed E-state index contributed by atoms with van der Waals surface area (Å²) in [6, 6.07) is 3.40. The van der Waals surface area contributed by atoms with Crippen LogP contribution in [0.25, 0.3) is 0 Å². The van der Waals surface area contributed by atoms with E-state index in [2.05, 4.69) is 15.5 Å². The third kappa shape index (κ3) is 2.52. The molecule has 0 spiro atoms. The van der Waals surface area contributed by atoms with E-state index in [1.54, 1.807) is 12.1 Å². The van der Waals surface area contributed by atoms with E-state index in [1.807, 2.05) is 4.90 Å². The number of anilines is 1. The van der Waals surface area contributed by atoms with Gasteiger partial charge in [-0.1, -0.05) is 11.6 Å². The molecule has 1 aliphatic heterocycles. The van der Waals surface area contributed by atoms with Crippen LogP contribution >= 0.6 is 11.6 Å². The van der Waals surface area contributed by atoms with E-state index in [0.29, 0.717) is 11.7 Å². The van der Waals surface area contributed by atoms with E-state index in [0.717, 1.165) is 18.8 Å². The number of rotatable bonds is 2. The quantitative estimate of drug-likeness (QED) is 0.808. The zero-order valence-electron chi connectivity index (χ0n) is 8.43. The van der Waals surface area contributed by atoms with Gasteiger partial charge in [-0.25, -0.2) is 4.79 Å². The van der Waals surface area contributed by atoms with E-state index in [4.69, 9.17) is 16.7 Å². The molecule has 0 aromatic carbocycles. The first kappa shape index (κ1) is 10.9. The van der Waals surface area contributed by atoms with Crippen molar-refractivity contribution in [3.8, 4) is 0 Å². The fourth-order valence-electron chi connectivity index (χ4n) is 1.74. The number of aromatic nitrogens is 2. The summed E-state index contributed by atoms with van der Waals surface area (Å²) in [7, 11) is 0. The van der Waals surface area contributed by atoms with Crippen LogP contribution in [0.4, 0.5) is 10.6 Å². The standard InChI is InChI=1S/C9H11ClN4O2/c10-7-1-2-8(13-12-7)14-4-3-6(5-14)11-9(15)16/h1-2,6,11H,3-5H2,(H,15,16)/t6-/m1/s1. The minimum absolute atomic E-state index is 0.0463. The van der Waals surface area contributed by atoms with Gasteiger partial charge in [0.25, 0.3) is 0 Å². The molecule has 1 atom stereocenters. The highest BCUT2D eigenvalue weighted by molar-refractivity contribution is 6.29. The molecule has 0 aliphatic carbocycles. The van der Waals surface area contributed by atoms with Crippen molar-refractivity contribution in [1.29, 1.82) is 0 Å². The second-order valence-corrected chi connectivity index (χ2v) is 3.98. The molecule has 6 nitrogen and oxygen atoms in total. The number of halogens is 1. The van der Waals surface area contributed by atoms with Gasteiger partial charge in [0.2, 0.25) is 0 Å². The fourth-order valence-corrected chi connectivity index (χ4v) is 1.84. The van der Waals surface area contributed by atoms with Crippen molar-refractivity contribution >= 4 is 23.5 Å². The lowest BCUT2D eigenvalue weighted by Gasteiger charge is -2.16. The van der Waals surface area contributed by atoms with Crippen LogP contribution in [-0.4, -0.2) is 40.5 Å². The summed E-state index contributed by atoms with van der Waals surface area (Å²) in [5, 5.41) is 19.1. The van der Waals surface area contributed by atoms with Gasteiger partial charge in [-0.15, -0.1) is 10.2 Å². The van der Waals surface area contributed by atoms with E-state index < -0.39 is 6.09 Å². The summed E-state index contributed by atoms with van der Waals surface area (Å²) in [4.78, 5) is 12.4. The zero-order chi connectivity index (χ0) is 11.5. The first-order valence-corrected chi connectivity index (χ1v) is 5.26. The third-order valence-corrected chi connectivity index (χ3v) is 2.66. The summed E-state index contributed by atoms with van der Waals surface area (Å²) in [6.07, 6.45) is -0.217. The normalized spacial score (nSPS) is 19.8. The van der Waals surface area contributed by atoms with Crippen molar-refractivity contribution in [2.45, 2.75) is 12.5 Å². The Bertz CT molecular complexity index is 384. The summed E-state index contributed by atoms with van der Waals surface area (Å²) in [5.74, 6) is 0.721. The highest BCUT2D eigenvalue weighted by atomic mass is 35.5. The molecule has 1 amide bonds. The molecule has 2 heterocycles. The van der Waals surface area contributed by atoms with Gasteiger partial charge in [0.15, 0.2) is 11.0 Å². The van der Waals surface area contributed by atoms with Gasteiger partial charge in [-0.05, 0) is 18.6 Å². The largest absolute Gasteiger partial charge is 0.465 e. The number of nitrogens with zero attached hydrogens (tertiary/aromatic N) is 3. The predicted octanol–water partition coefficient (Wildman–Crippen LogP) is 0.976. The van der Waals surface area contributed by atoms with Crippen LogP contribution in [0.2, 0.25) is 5.15 Å². The van der Waals surface area contributed by atoms with Gasteiger partial charge < -0.3 is 15.3 Å². The summed E-state index contributed by atoms with van der Waals surface area (Å²) < 4.78 is 0. The van der Waals surface area contributed by atoms with Crippen molar-refractivity contribution in [2.75, 3.05) is 18.0 Å². The van der Waals surface area contributed by atoms with Gasteiger partial charge in [-0.2, -0.15) is 0 Å². The molecule has 16 heavy (non-hydrogen) atoms. The third-order valence-electron chi connectivity index (χ3n) is 2.46. The molecule has 1 saturated heterocycles. The molecule has 2 N–H and O–H groups in total. The van der Waals surface area contributed by atoms with Crippen LogP contribution in [-0.2, 0) is 0 Å². The number of amides is 1. The van der Waals surface area contributed by atoms with E-state index in [1.165, 1.54) is 0 Å². The lowest BCUT2D eigenvalue weighted by atomic mass is 10.3. The number of carbonyl (C=O) groups is 1. The molecule has 7 heteroatoms. The lowest BCUT2D eigenvalue weighted by molar-refractivity contribution is 0.191. The Morgan fingerprint density at radius 3 is 3.00 bits per heavy atom. The summed E-state index contributed by atoms with van der Waals surface area (Å²) >= 11 is 5.63. The molecule has 0 unspecified atom stereocenters. The van der Waals surface area contributed by atoms with Crippen molar-refractivity contribution in [3.63, 3.8) is 0 Å². The molecule has 0 radical (unpaired) electrons. The van der Waals surface area contributed by atoms with Crippen LogP contribution in [0.3, 0.4) is 0 Å². The van der Waals surface area contributed by atoms with Crippen LogP contribution in [0.5, 0.6) is 0 Å². The smallest absolute Gasteiger partial charge is 0.404 e. The molecule has 1 fully saturated rings. The molecule has 2 rings (SSSR count). The number of hydrogen-bond donors (Lipinski definition) is 2.